The van der Waals surface area contributed by atoms with Gasteiger partial charge in [0.05, 0.1) is 0 Å². The average Bonchev–Trinajstić information content (AvgIpc) is 1.14. The van der Waals surface area contributed by atoms with Crippen molar-refractivity contribution in [1.82, 2.24) is 4.13 Å². The molecule has 0 rings (SSSR count). The van der Waals surface area contributed by atoms with Crippen LogP contribution in [-0.4, -0.2) is 115 Å². The molecule has 12 heteroatoms. The summed E-state index contributed by atoms with van der Waals surface area (Å²) in [5.41, 5.74) is 0. The maximum Gasteiger partial charge on any atom is 0.348 e. The topological polar surface area (TPSA) is 121 Å². The molecule has 0 amide bonds. The van der Waals surface area contributed by atoms with Gasteiger partial charge < -0.3 is 0 Å². The predicted octanol–water partition coefficient (Wildman–Crippen LogP) is -2.96. The Hall–Kier alpha value is 2.78. The third-order valence-electron chi connectivity index (χ3n) is 0.211. The number of rotatable bonds is 2. The van der Waals surface area contributed by atoms with E-state index in [0.29, 0.717) is 4.13 Å². The van der Waals surface area contributed by atoms with Crippen LogP contribution in [0.5, 0.6) is 0 Å². The van der Waals surface area contributed by atoms with Crippen LogP contribution >= 0.6 is 0 Å². The van der Waals surface area contributed by atoms with E-state index in [0.717, 1.165) is 0 Å². The Morgan fingerprint density at radius 1 is 0.750 bits per heavy atom. The molecule has 59 valence electrons. The van der Waals surface area contributed by atoms with Crippen LogP contribution in [-0.2, 0) is 20.6 Å². The van der Waals surface area contributed by atoms with Crippen molar-refractivity contribution in [1.29, 1.82) is 0 Å². The molecular formula is H3NNa3O6S2. The zero-order valence-corrected chi connectivity index (χ0v) is 14.5. The Morgan fingerprint density at radius 3 is 0.917 bits per heavy atom. The Bertz CT molecular complexity index is 246. The van der Waals surface area contributed by atoms with Crippen molar-refractivity contribution in [3.8, 4) is 0 Å². The fourth-order valence-corrected chi connectivity index (χ4v) is 1.20. The normalized spacial score (nSPS) is 10.2. The van der Waals surface area contributed by atoms with E-state index < -0.39 is 20.6 Å². The Morgan fingerprint density at radius 2 is 0.917 bits per heavy atom. The van der Waals surface area contributed by atoms with Crippen molar-refractivity contribution in [2.75, 3.05) is 0 Å². The maximum atomic E-state index is 9.55. The van der Waals surface area contributed by atoms with Crippen LogP contribution in [0.15, 0.2) is 0 Å². The molecule has 0 atom stereocenters. The van der Waals surface area contributed by atoms with Gasteiger partial charge in [-0.1, -0.05) is 4.13 Å². The van der Waals surface area contributed by atoms with Crippen LogP contribution in [0, 0.1) is 0 Å². The molecule has 3 N–H and O–H groups in total. The number of hydrogen-bond donors (Lipinski definition) is 3. The second-order valence-corrected chi connectivity index (χ2v) is 3.60. The summed E-state index contributed by atoms with van der Waals surface area (Å²) < 4.78 is 54.1. The summed E-state index contributed by atoms with van der Waals surface area (Å²) in [6.07, 6.45) is 0. The molecule has 0 aromatic heterocycles. The van der Waals surface area contributed by atoms with Crippen molar-refractivity contribution in [2.45, 2.75) is 0 Å². The molecule has 0 unspecified atom stereocenters. The summed E-state index contributed by atoms with van der Waals surface area (Å²) in [6.45, 7) is 0. The third kappa shape index (κ3) is 23.0. The molecule has 0 fully saturated rings. The van der Waals surface area contributed by atoms with Crippen molar-refractivity contribution < 1.29 is 25.9 Å². The minimum absolute atomic E-state index is 0. The monoisotopic (exact) mass is 246 g/mol. The summed E-state index contributed by atoms with van der Waals surface area (Å²) in [6, 6.07) is 0. The van der Waals surface area contributed by atoms with Crippen LogP contribution < -0.4 is 4.13 Å². The summed E-state index contributed by atoms with van der Waals surface area (Å²) in [5, 5.41) is 0. The second kappa shape index (κ2) is 9.04. The van der Waals surface area contributed by atoms with Gasteiger partial charge in [-0.2, -0.15) is 16.8 Å². The first-order valence-corrected chi connectivity index (χ1v) is 4.32. The molecule has 0 spiro atoms. The van der Waals surface area contributed by atoms with E-state index in [-0.39, 0.29) is 88.7 Å². The van der Waals surface area contributed by atoms with Crippen molar-refractivity contribution >= 4 is 109 Å². The fraction of sp³-hybridized carbons (Fsp3) is 0. The van der Waals surface area contributed by atoms with Crippen LogP contribution in [0.25, 0.3) is 0 Å². The van der Waals surface area contributed by atoms with E-state index in [4.69, 9.17) is 9.11 Å². The first-order chi connectivity index (χ1) is 3.71. The van der Waals surface area contributed by atoms with E-state index >= 15 is 0 Å². The predicted molar refractivity (Wildman–Crippen MR) is 43.5 cm³/mol. The van der Waals surface area contributed by atoms with Crippen molar-refractivity contribution in [3.63, 3.8) is 0 Å². The molecule has 0 aliphatic carbocycles. The van der Waals surface area contributed by atoms with Gasteiger partial charge in [0.2, 0.25) is 0 Å². The maximum absolute atomic E-state index is 9.55. The van der Waals surface area contributed by atoms with Crippen molar-refractivity contribution in [3.05, 3.63) is 0 Å². The second-order valence-electron chi connectivity index (χ2n) is 1.03. The first kappa shape index (κ1) is 24.2. The van der Waals surface area contributed by atoms with Crippen LogP contribution in [0.4, 0.5) is 0 Å². The zero-order valence-electron chi connectivity index (χ0n) is 6.84. The molecule has 0 aromatic carbocycles. The van der Waals surface area contributed by atoms with Crippen LogP contribution in [0.3, 0.4) is 0 Å². The molecule has 0 heterocycles. The van der Waals surface area contributed by atoms with E-state index in [2.05, 4.69) is 0 Å². The summed E-state index contributed by atoms with van der Waals surface area (Å²) >= 11 is 0. The molecule has 0 saturated carbocycles. The van der Waals surface area contributed by atoms with Crippen LogP contribution in [0.2, 0.25) is 0 Å². The van der Waals surface area contributed by atoms with E-state index in [9.17, 15) is 16.8 Å². The van der Waals surface area contributed by atoms with E-state index in [1.165, 1.54) is 0 Å². The first-order valence-electron chi connectivity index (χ1n) is 1.44. The van der Waals surface area contributed by atoms with E-state index in [1.54, 1.807) is 0 Å². The molecule has 0 aliphatic rings. The van der Waals surface area contributed by atoms with Crippen molar-refractivity contribution in [2.24, 2.45) is 0 Å². The number of nitrogens with one attached hydrogen (secondary N) is 1. The fourth-order valence-electron chi connectivity index (χ4n) is 0.133. The molecule has 7 nitrogen and oxygen atoms in total. The van der Waals surface area contributed by atoms with Gasteiger partial charge in [0.25, 0.3) is 0 Å². The van der Waals surface area contributed by atoms with Gasteiger partial charge in [-0.3, -0.25) is 9.11 Å². The van der Waals surface area contributed by atoms with Gasteiger partial charge in [0.1, 0.15) is 0 Å². The minimum atomic E-state index is -4.87. The Kier molecular flexibility index (Phi) is 18.2. The standard InChI is InChI=1S/H3NO6S2.3Na/c2-8(3,4)1-9(5,6)7;;;/h1H,(H,2,3,4)(H,5,6,7);;;. The van der Waals surface area contributed by atoms with Gasteiger partial charge in [0.15, 0.2) is 0 Å². The summed E-state index contributed by atoms with van der Waals surface area (Å²) in [4.78, 5) is 0. The van der Waals surface area contributed by atoms with Gasteiger partial charge >= 0.3 is 20.6 Å². The van der Waals surface area contributed by atoms with Crippen LogP contribution in [0.1, 0.15) is 0 Å². The molecular weight excluding hydrogens is 243 g/mol. The molecule has 12 heavy (non-hydrogen) atoms. The van der Waals surface area contributed by atoms with Gasteiger partial charge in [-0.15, -0.1) is 0 Å². The van der Waals surface area contributed by atoms with Gasteiger partial charge in [-0.05, 0) is 0 Å². The summed E-state index contributed by atoms with van der Waals surface area (Å²) in [5.74, 6) is 0. The molecule has 3 radical (unpaired) electrons. The average molecular weight is 246 g/mol. The van der Waals surface area contributed by atoms with Gasteiger partial charge in [-0.25, -0.2) is 0 Å². The zero-order chi connectivity index (χ0) is 7.71. The number of hydrogen-bond acceptors (Lipinski definition) is 4. The Labute approximate surface area is 137 Å². The van der Waals surface area contributed by atoms with E-state index in [1.807, 2.05) is 0 Å². The molecule has 0 bridgehead atoms. The quantitative estimate of drug-likeness (QED) is 0.353. The summed E-state index contributed by atoms with van der Waals surface area (Å²) in [7, 11) is -9.74. The largest absolute Gasteiger partial charge is 0.348 e. The molecule has 0 aliphatic heterocycles. The molecule has 0 saturated heterocycles. The van der Waals surface area contributed by atoms with Gasteiger partial charge in [0, 0.05) is 88.7 Å². The molecule has 0 aromatic rings. The Balaban J connectivity index is -0.000000107. The minimum Gasteiger partial charge on any atom is -0.273 e. The SMILES string of the molecule is O=S(=O)(O)NS(=O)(=O)O.[Na].[Na].[Na]. The smallest absolute Gasteiger partial charge is 0.273 e. The third-order valence-corrected chi connectivity index (χ3v) is 1.90.